The molecule has 0 spiro atoms. The van der Waals surface area contributed by atoms with Gasteiger partial charge in [-0.2, -0.15) is 5.10 Å². The van der Waals surface area contributed by atoms with Crippen molar-refractivity contribution in [3.63, 3.8) is 0 Å². The Morgan fingerprint density at radius 2 is 2.18 bits per heavy atom. The molecule has 0 amide bonds. The van der Waals surface area contributed by atoms with E-state index in [1.54, 1.807) is 6.92 Å². The summed E-state index contributed by atoms with van der Waals surface area (Å²) in [6.07, 6.45) is 0. The number of amidine groups is 2. The third-order valence-corrected chi connectivity index (χ3v) is 1.04. The van der Waals surface area contributed by atoms with Gasteiger partial charge in [0.1, 0.15) is 11.7 Å². The highest BCUT2D eigenvalue weighted by molar-refractivity contribution is 7.78. The summed E-state index contributed by atoms with van der Waals surface area (Å²) >= 11 is -2.19. The molecular formula is C4H10N4O2S. The van der Waals surface area contributed by atoms with Crippen molar-refractivity contribution in [3.8, 4) is 0 Å². The van der Waals surface area contributed by atoms with Crippen LogP contribution in [-0.4, -0.2) is 20.4 Å². The zero-order valence-electron chi connectivity index (χ0n) is 6.24. The number of nitrogens with one attached hydrogen (secondary N) is 1. The number of hydrogen-bond acceptors (Lipinski definition) is 2. The summed E-state index contributed by atoms with van der Waals surface area (Å²) in [6.45, 7) is 3.08. The maximum absolute atomic E-state index is 10.1. The Labute approximate surface area is 67.0 Å². The fourth-order valence-corrected chi connectivity index (χ4v) is 0.582. The van der Waals surface area contributed by atoms with E-state index in [-0.39, 0.29) is 5.84 Å². The van der Waals surface area contributed by atoms with Crippen molar-refractivity contribution in [2.75, 3.05) is 0 Å². The van der Waals surface area contributed by atoms with Crippen molar-refractivity contribution in [1.82, 2.24) is 5.43 Å². The van der Waals surface area contributed by atoms with Crippen LogP contribution in [0, 0.1) is 0 Å². The van der Waals surface area contributed by atoms with Crippen LogP contribution in [0.25, 0.3) is 0 Å². The molecule has 64 valence electrons. The molecule has 0 aromatic rings. The van der Waals surface area contributed by atoms with E-state index in [0.29, 0.717) is 5.84 Å². The molecule has 1 atom stereocenters. The van der Waals surface area contributed by atoms with Gasteiger partial charge < -0.3 is 5.73 Å². The molecule has 0 aliphatic rings. The van der Waals surface area contributed by atoms with Crippen molar-refractivity contribution in [1.29, 1.82) is 0 Å². The lowest BCUT2D eigenvalue weighted by atomic mass is 10.7. The summed E-state index contributed by atoms with van der Waals surface area (Å²) in [5.41, 5.74) is 7.54. The molecule has 0 saturated heterocycles. The van der Waals surface area contributed by atoms with Crippen molar-refractivity contribution >= 4 is 22.9 Å². The number of rotatable bonds is 2. The minimum atomic E-state index is -2.19. The molecule has 0 rings (SSSR count). The molecule has 0 aliphatic heterocycles. The molecule has 0 fully saturated rings. The lowest BCUT2D eigenvalue weighted by Crippen LogP contribution is -2.19. The lowest BCUT2D eigenvalue weighted by Gasteiger charge is -1.96. The van der Waals surface area contributed by atoms with Crippen LogP contribution in [-0.2, 0) is 11.3 Å². The molecule has 1 unspecified atom stereocenters. The summed E-state index contributed by atoms with van der Waals surface area (Å²) in [6, 6.07) is 0. The van der Waals surface area contributed by atoms with Gasteiger partial charge in [-0.05, 0) is 13.8 Å². The van der Waals surface area contributed by atoms with Crippen LogP contribution in [0.15, 0.2) is 9.50 Å². The molecule has 0 aliphatic carbocycles. The molecule has 0 radical (unpaired) electrons. The van der Waals surface area contributed by atoms with E-state index in [9.17, 15) is 4.21 Å². The summed E-state index contributed by atoms with van der Waals surface area (Å²) in [5.74, 6) is 0.555. The quantitative estimate of drug-likeness (QED) is 0.228. The van der Waals surface area contributed by atoms with Crippen molar-refractivity contribution in [3.05, 3.63) is 0 Å². The van der Waals surface area contributed by atoms with Crippen LogP contribution in [0.5, 0.6) is 0 Å². The molecule has 7 heteroatoms. The Balaban J connectivity index is 3.97. The molecule has 0 bridgehead atoms. The van der Waals surface area contributed by atoms with Crippen LogP contribution in [0.1, 0.15) is 13.8 Å². The van der Waals surface area contributed by atoms with Gasteiger partial charge >= 0.3 is 0 Å². The monoisotopic (exact) mass is 178 g/mol. The molecular weight excluding hydrogens is 168 g/mol. The normalized spacial score (nSPS) is 16.3. The second kappa shape index (κ2) is 4.80. The Morgan fingerprint density at radius 3 is 2.55 bits per heavy atom. The van der Waals surface area contributed by atoms with Crippen LogP contribution in [0.2, 0.25) is 0 Å². The summed E-state index contributed by atoms with van der Waals surface area (Å²) in [7, 11) is 0. The van der Waals surface area contributed by atoms with Crippen LogP contribution >= 0.6 is 0 Å². The van der Waals surface area contributed by atoms with Gasteiger partial charge in [-0.25, -0.2) is 4.21 Å². The number of nitrogens with two attached hydrogens (primary N) is 1. The van der Waals surface area contributed by atoms with E-state index in [2.05, 4.69) is 14.9 Å². The van der Waals surface area contributed by atoms with Gasteiger partial charge in [0.05, 0.1) is 0 Å². The SMILES string of the molecule is CC(N)=NNC(C)=NS(=O)O. The first kappa shape index (κ1) is 10.0. The third kappa shape index (κ3) is 6.94. The van der Waals surface area contributed by atoms with E-state index in [1.807, 2.05) is 0 Å². The van der Waals surface area contributed by atoms with Crippen LogP contribution < -0.4 is 11.2 Å². The van der Waals surface area contributed by atoms with Gasteiger partial charge in [0, 0.05) is 0 Å². The van der Waals surface area contributed by atoms with E-state index < -0.39 is 11.3 Å². The molecule has 0 heterocycles. The average molecular weight is 178 g/mol. The highest BCUT2D eigenvalue weighted by atomic mass is 32.2. The average Bonchev–Trinajstić information content (AvgIpc) is 1.82. The van der Waals surface area contributed by atoms with Crippen molar-refractivity contribution in [2.24, 2.45) is 15.2 Å². The van der Waals surface area contributed by atoms with Crippen molar-refractivity contribution < 1.29 is 8.76 Å². The van der Waals surface area contributed by atoms with E-state index in [1.165, 1.54) is 6.92 Å². The first-order valence-corrected chi connectivity index (χ1v) is 3.80. The summed E-state index contributed by atoms with van der Waals surface area (Å²) in [4.78, 5) is 0. The first-order valence-electron chi connectivity index (χ1n) is 2.74. The molecule has 0 aromatic heterocycles. The second-order valence-electron chi connectivity index (χ2n) is 1.77. The summed E-state index contributed by atoms with van der Waals surface area (Å²) in [5, 5.41) is 3.55. The van der Waals surface area contributed by atoms with Gasteiger partial charge in [0.25, 0.3) is 11.3 Å². The van der Waals surface area contributed by atoms with E-state index in [4.69, 9.17) is 10.3 Å². The van der Waals surface area contributed by atoms with Gasteiger partial charge in [-0.3, -0.25) is 9.98 Å². The maximum atomic E-state index is 10.1. The predicted molar refractivity (Wildman–Crippen MR) is 44.3 cm³/mol. The molecule has 0 aromatic carbocycles. The smallest absolute Gasteiger partial charge is 0.283 e. The van der Waals surface area contributed by atoms with Crippen molar-refractivity contribution in [2.45, 2.75) is 13.8 Å². The molecule has 4 N–H and O–H groups in total. The number of hydrazone groups is 1. The van der Waals surface area contributed by atoms with Gasteiger partial charge in [-0.15, -0.1) is 4.40 Å². The van der Waals surface area contributed by atoms with Gasteiger partial charge in [0.2, 0.25) is 0 Å². The minimum absolute atomic E-state index is 0.232. The van der Waals surface area contributed by atoms with Gasteiger partial charge in [-0.1, -0.05) is 0 Å². The second-order valence-corrected chi connectivity index (χ2v) is 2.42. The fourth-order valence-electron chi connectivity index (χ4n) is 0.307. The zero-order valence-corrected chi connectivity index (χ0v) is 7.05. The van der Waals surface area contributed by atoms with E-state index in [0.717, 1.165) is 0 Å². The highest BCUT2D eigenvalue weighted by Gasteiger charge is 1.89. The van der Waals surface area contributed by atoms with E-state index >= 15 is 0 Å². The minimum Gasteiger partial charge on any atom is -0.386 e. The number of nitrogens with zero attached hydrogens (tertiary/aromatic N) is 2. The van der Waals surface area contributed by atoms with Crippen LogP contribution in [0.3, 0.4) is 0 Å². The molecule has 6 nitrogen and oxygen atoms in total. The standard InChI is InChI=1S/C4H10N4O2S/c1-3(5)6-7-4(2)8-11(9)10/h1-2H3,(H2,5,6)(H,7,8)(H,9,10). The van der Waals surface area contributed by atoms with Crippen LogP contribution in [0.4, 0.5) is 0 Å². The third-order valence-electron chi connectivity index (χ3n) is 0.609. The number of hydrogen-bond donors (Lipinski definition) is 3. The molecule has 11 heavy (non-hydrogen) atoms. The predicted octanol–water partition coefficient (Wildman–Crippen LogP) is -0.577. The Morgan fingerprint density at radius 1 is 1.64 bits per heavy atom. The Kier molecular flexibility index (Phi) is 4.39. The summed E-state index contributed by atoms with van der Waals surface area (Å²) < 4.78 is 21.5. The fraction of sp³-hybridized carbons (Fsp3) is 0.500. The highest BCUT2D eigenvalue weighted by Crippen LogP contribution is 1.77. The largest absolute Gasteiger partial charge is 0.386 e. The molecule has 0 saturated carbocycles. The Hall–Kier alpha value is -0.950. The Bertz CT molecular complexity index is 208. The maximum Gasteiger partial charge on any atom is 0.283 e. The van der Waals surface area contributed by atoms with Gasteiger partial charge in [0.15, 0.2) is 0 Å². The zero-order chi connectivity index (χ0) is 8.85. The topological polar surface area (TPSA) is 100 Å². The first-order chi connectivity index (χ1) is 5.02. The lowest BCUT2D eigenvalue weighted by molar-refractivity contribution is 0.566.